The Morgan fingerprint density at radius 2 is 1.35 bits per heavy atom. The summed E-state index contributed by atoms with van der Waals surface area (Å²) in [7, 11) is 0. The van der Waals surface area contributed by atoms with Gasteiger partial charge in [-0.1, -0.05) is 71.1 Å². The molecule has 2 N–H and O–H groups in total. The third-order valence-corrected chi connectivity index (χ3v) is 5.38. The van der Waals surface area contributed by atoms with E-state index in [1.54, 1.807) is 12.1 Å². The summed E-state index contributed by atoms with van der Waals surface area (Å²) >= 11 is 0. The number of hydrogen-bond acceptors (Lipinski definition) is 5. The first-order valence-corrected chi connectivity index (χ1v) is 12.5. The van der Waals surface area contributed by atoms with E-state index in [1.165, 1.54) is 44.9 Å². The molecule has 0 heterocycles. The van der Waals surface area contributed by atoms with Gasteiger partial charge in [-0.15, -0.1) is 0 Å². The lowest BCUT2D eigenvalue weighted by atomic mass is 10.1. The van der Waals surface area contributed by atoms with Gasteiger partial charge in [-0.05, 0) is 50.1 Å². The molecule has 5 nitrogen and oxygen atoms in total. The first-order valence-electron chi connectivity index (χ1n) is 12.5. The van der Waals surface area contributed by atoms with Crippen molar-refractivity contribution in [2.75, 3.05) is 32.9 Å². The molecule has 0 fully saturated rings. The van der Waals surface area contributed by atoms with Gasteiger partial charge in [0.15, 0.2) is 0 Å². The topological polar surface area (TPSA) is 67.8 Å². The standard InChI is InChI=1S/C26H45NO4/c1-2-3-4-5-6-7-10-13-22-30-25-17-15-24(16-18-25)26(29)31-23-14-11-8-9-12-19-27-20-21-28/h15-18,27-28H,2-14,19-23H2,1H3. The number of carbonyl (C=O) groups is 1. The zero-order valence-electron chi connectivity index (χ0n) is 19.7. The van der Waals surface area contributed by atoms with Gasteiger partial charge in [-0.2, -0.15) is 0 Å². The zero-order chi connectivity index (χ0) is 22.4. The third kappa shape index (κ3) is 15.8. The third-order valence-electron chi connectivity index (χ3n) is 5.38. The second-order valence-electron chi connectivity index (χ2n) is 8.23. The molecule has 0 bridgehead atoms. The fourth-order valence-electron chi connectivity index (χ4n) is 3.45. The SMILES string of the molecule is CCCCCCCCCCOc1ccc(C(=O)OCCCCCCCNCCO)cc1. The van der Waals surface area contributed by atoms with Crippen molar-refractivity contribution in [3.8, 4) is 5.75 Å². The molecule has 0 aliphatic heterocycles. The van der Waals surface area contributed by atoms with E-state index in [1.807, 2.05) is 12.1 Å². The number of nitrogens with one attached hydrogen (secondary N) is 1. The van der Waals surface area contributed by atoms with Gasteiger partial charge in [0, 0.05) is 6.54 Å². The molecule has 0 radical (unpaired) electrons. The molecule has 0 amide bonds. The van der Waals surface area contributed by atoms with Crippen LogP contribution in [0.1, 0.15) is 101 Å². The van der Waals surface area contributed by atoms with Gasteiger partial charge in [0.25, 0.3) is 0 Å². The highest BCUT2D eigenvalue weighted by Crippen LogP contribution is 2.15. The van der Waals surface area contributed by atoms with Crippen molar-refractivity contribution in [2.45, 2.75) is 90.4 Å². The Kier molecular flexibility index (Phi) is 18.0. The summed E-state index contributed by atoms with van der Waals surface area (Å²) in [5.41, 5.74) is 0.578. The highest BCUT2D eigenvalue weighted by Gasteiger charge is 2.07. The molecule has 5 heteroatoms. The van der Waals surface area contributed by atoms with Crippen LogP contribution in [0, 0.1) is 0 Å². The summed E-state index contributed by atoms with van der Waals surface area (Å²) in [6, 6.07) is 7.27. The van der Waals surface area contributed by atoms with Gasteiger partial charge in [0.1, 0.15) is 5.75 Å². The summed E-state index contributed by atoms with van der Waals surface area (Å²) < 4.78 is 11.2. The maximum atomic E-state index is 12.1. The van der Waals surface area contributed by atoms with Crippen LogP contribution in [0.15, 0.2) is 24.3 Å². The minimum absolute atomic E-state index is 0.195. The number of hydrogen-bond donors (Lipinski definition) is 2. The summed E-state index contributed by atoms with van der Waals surface area (Å²) in [5, 5.41) is 11.9. The number of aliphatic hydroxyl groups excluding tert-OH is 1. The van der Waals surface area contributed by atoms with Crippen molar-refractivity contribution in [3.63, 3.8) is 0 Å². The second kappa shape index (κ2) is 20.3. The summed E-state index contributed by atoms with van der Waals surface area (Å²) in [4.78, 5) is 12.1. The van der Waals surface area contributed by atoms with E-state index in [2.05, 4.69) is 12.2 Å². The molecule has 0 aromatic heterocycles. The maximum absolute atomic E-state index is 12.1. The molecule has 0 saturated carbocycles. The van der Waals surface area contributed by atoms with Crippen LogP contribution in [-0.2, 0) is 4.74 Å². The highest BCUT2D eigenvalue weighted by atomic mass is 16.5. The fraction of sp³-hybridized carbons (Fsp3) is 0.731. The number of unbranched alkanes of at least 4 members (excludes halogenated alkanes) is 11. The second-order valence-corrected chi connectivity index (χ2v) is 8.23. The van der Waals surface area contributed by atoms with E-state index in [0.717, 1.165) is 57.4 Å². The summed E-state index contributed by atoms with van der Waals surface area (Å²) in [5.74, 6) is 0.552. The fourth-order valence-corrected chi connectivity index (χ4v) is 3.45. The molecule has 0 aliphatic rings. The average Bonchev–Trinajstić information content (AvgIpc) is 2.79. The van der Waals surface area contributed by atoms with Gasteiger partial charge < -0.3 is 19.9 Å². The molecule has 31 heavy (non-hydrogen) atoms. The van der Waals surface area contributed by atoms with Crippen molar-refractivity contribution in [3.05, 3.63) is 29.8 Å². The number of carbonyl (C=O) groups excluding carboxylic acids is 1. The predicted molar refractivity (Wildman–Crippen MR) is 128 cm³/mol. The van der Waals surface area contributed by atoms with Gasteiger partial charge in [0.05, 0.1) is 25.4 Å². The first-order chi connectivity index (χ1) is 15.3. The molecule has 1 aromatic rings. The van der Waals surface area contributed by atoms with Crippen LogP contribution >= 0.6 is 0 Å². The van der Waals surface area contributed by atoms with Crippen LogP contribution in [0.5, 0.6) is 5.75 Å². The number of esters is 1. The normalized spacial score (nSPS) is 10.9. The van der Waals surface area contributed by atoms with E-state index in [-0.39, 0.29) is 12.6 Å². The van der Waals surface area contributed by atoms with Crippen molar-refractivity contribution < 1.29 is 19.4 Å². The Bertz CT molecular complexity index is 533. The number of aliphatic hydroxyl groups is 1. The Hall–Kier alpha value is -1.59. The van der Waals surface area contributed by atoms with Gasteiger partial charge in [0.2, 0.25) is 0 Å². The number of benzene rings is 1. The molecule has 0 atom stereocenters. The van der Waals surface area contributed by atoms with Gasteiger partial charge >= 0.3 is 5.97 Å². The smallest absolute Gasteiger partial charge is 0.338 e. The van der Waals surface area contributed by atoms with Gasteiger partial charge in [-0.25, -0.2) is 4.79 Å². The van der Waals surface area contributed by atoms with Crippen LogP contribution < -0.4 is 10.1 Å². The Morgan fingerprint density at radius 3 is 2.00 bits per heavy atom. The first kappa shape index (κ1) is 27.4. The zero-order valence-corrected chi connectivity index (χ0v) is 19.7. The quantitative estimate of drug-likeness (QED) is 0.186. The van der Waals surface area contributed by atoms with Crippen molar-refractivity contribution in [2.24, 2.45) is 0 Å². The molecule has 0 spiro atoms. The molecular weight excluding hydrogens is 390 g/mol. The largest absolute Gasteiger partial charge is 0.494 e. The van der Waals surface area contributed by atoms with Crippen LogP contribution in [0.4, 0.5) is 0 Å². The van der Waals surface area contributed by atoms with Crippen molar-refractivity contribution in [1.29, 1.82) is 0 Å². The molecule has 178 valence electrons. The summed E-state index contributed by atoms with van der Waals surface area (Å²) in [6.45, 7) is 5.27. The van der Waals surface area contributed by atoms with E-state index < -0.39 is 0 Å². The summed E-state index contributed by atoms with van der Waals surface area (Å²) in [6.07, 6.45) is 15.7. The van der Waals surface area contributed by atoms with Crippen LogP contribution in [0.25, 0.3) is 0 Å². The van der Waals surface area contributed by atoms with E-state index >= 15 is 0 Å². The van der Waals surface area contributed by atoms with Crippen molar-refractivity contribution >= 4 is 5.97 Å². The lowest BCUT2D eigenvalue weighted by molar-refractivity contribution is 0.0497. The van der Waals surface area contributed by atoms with E-state index in [4.69, 9.17) is 14.6 Å². The Labute approximate surface area is 189 Å². The van der Waals surface area contributed by atoms with E-state index in [9.17, 15) is 4.79 Å². The van der Waals surface area contributed by atoms with E-state index in [0.29, 0.717) is 18.7 Å². The molecule has 0 unspecified atom stereocenters. The molecule has 0 aliphatic carbocycles. The van der Waals surface area contributed by atoms with Gasteiger partial charge in [-0.3, -0.25) is 0 Å². The minimum Gasteiger partial charge on any atom is -0.494 e. The van der Waals surface area contributed by atoms with Crippen LogP contribution in [0.2, 0.25) is 0 Å². The molecule has 1 rings (SSSR count). The lowest BCUT2D eigenvalue weighted by Gasteiger charge is -2.08. The monoisotopic (exact) mass is 435 g/mol. The number of ether oxygens (including phenoxy) is 2. The Balaban J connectivity index is 2.01. The number of rotatable bonds is 21. The van der Waals surface area contributed by atoms with Crippen LogP contribution in [-0.4, -0.2) is 44.0 Å². The average molecular weight is 436 g/mol. The molecule has 1 aromatic carbocycles. The highest BCUT2D eigenvalue weighted by molar-refractivity contribution is 5.89. The predicted octanol–water partition coefficient (Wildman–Crippen LogP) is 5.90. The minimum atomic E-state index is -0.261. The molecule has 0 saturated heterocycles. The molecular formula is C26H45NO4. The van der Waals surface area contributed by atoms with Crippen molar-refractivity contribution in [1.82, 2.24) is 5.32 Å². The maximum Gasteiger partial charge on any atom is 0.338 e. The van der Waals surface area contributed by atoms with Crippen LogP contribution in [0.3, 0.4) is 0 Å². The Morgan fingerprint density at radius 1 is 0.774 bits per heavy atom. The lowest BCUT2D eigenvalue weighted by Crippen LogP contribution is -2.19.